The first kappa shape index (κ1) is 17.9. The highest BCUT2D eigenvalue weighted by Crippen LogP contribution is 2.33. The topological polar surface area (TPSA) is 97.7 Å². The first-order valence-corrected chi connectivity index (χ1v) is 9.60. The molecule has 0 fully saturated rings. The number of anilines is 1. The Balaban J connectivity index is 1.50. The molecule has 1 aliphatic rings. The fraction of sp³-hybridized carbons (Fsp3) is 0.130. The third kappa shape index (κ3) is 3.14. The number of nitriles is 1. The smallest absolute Gasteiger partial charge is 0.316 e. The Morgan fingerprint density at radius 1 is 1.20 bits per heavy atom. The lowest BCUT2D eigenvalue weighted by atomic mass is 10.0. The maximum absolute atomic E-state index is 12.6. The molecule has 7 nitrogen and oxygen atoms in total. The maximum atomic E-state index is 12.6. The summed E-state index contributed by atoms with van der Waals surface area (Å²) in [5.74, 6) is 0. The summed E-state index contributed by atoms with van der Waals surface area (Å²) in [6.07, 6.45) is 1.78. The molecule has 2 amide bonds. The van der Waals surface area contributed by atoms with Crippen LogP contribution in [0.4, 0.5) is 10.5 Å². The Morgan fingerprint density at radius 2 is 2.10 bits per heavy atom. The maximum Gasteiger partial charge on any atom is 0.322 e. The van der Waals surface area contributed by atoms with Gasteiger partial charge < -0.3 is 10.2 Å². The van der Waals surface area contributed by atoms with E-state index in [1.54, 1.807) is 17.2 Å². The van der Waals surface area contributed by atoms with Crippen molar-refractivity contribution in [1.82, 2.24) is 20.1 Å². The van der Waals surface area contributed by atoms with E-state index >= 15 is 0 Å². The minimum Gasteiger partial charge on any atom is -0.316 e. The third-order valence-corrected chi connectivity index (χ3v) is 5.28. The average Bonchev–Trinajstić information content (AvgIpc) is 3.15. The van der Waals surface area contributed by atoms with Crippen molar-refractivity contribution in [1.29, 1.82) is 5.26 Å². The van der Waals surface area contributed by atoms with Gasteiger partial charge in [0.25, 0.3) is 0 Å². The zero-order valence-electron chi connectivity index (χ0n) is 16.3. The van der Waals surface area contributed by atoms with Crippen molar-refractivity contribution in [3.63, 3.8) is 0 Å². The van der Waals surface area contributed by atoms with Gasteiger partial charge in [-0.1, -0.05) is 12.1 Å². The van der Waals surface area contributed by atoms with Gasteiger partial charge >= 0.3 is 6.03 Å². The van der Waals surface area contributed by atoms with E-state index in [-0.39, 0.29) is 6.03 Å². The van der Waals surface area contributed by atoms with Crippen molar-refractivity contribution in [2.75, 3.05) is 5.32 Å². The molecule has 1 aliphatic heterocycles. The van der Waals surface area contributed by atoms with Crippen LogP contribution in [0, 0.1) is 18.3 Å². The molecule has 0 spiro atoms. The summed E-state index contributed by atoms with van der Waals surface area (Å²) in [4.78, 5) is 18.6. The van der Waals surface area contributed by atoms with Crippen LogP contribution in [0.25, 0.3) is 22.2 Å². The molecule has 30 heavy (non-hydrogen) atoms. The largest absolute Gasteiger partial charge is 0.322 e. The number of hydrogen-bond acceptors (Lipinski definition) is 4. The van der Waals surface area contributed by atoms with Crippen LogP contribution in [0.1, 0.15) is 22.4 Å². The van der Waals surface area contributed by atoms with Crippen LogP contribution in [-0.2, 0) is 13.1 Å². The molecule has 146 valence electrons. The van der Waals surface area contributed by atoms with Crippen molar-refractivity contribution in [3.05, 3.63) is 77.1 Å². The van der Waals surface area contributed by atoms with Crippen molar-refractivity contribution < 1.29 is 4.79 Å². The number of urea groups is 1. The van der Waals surface area contributed by atoms with Crippen molar-refractivity contribution >= 4 is 22.6 Å². The van der Waals surface area contributed by atoms with Crippen LogP contribution >= 0.6 is 0 Å². The first-order valence-electron chi connectivity index (χ1n) is 9.60. The molecular formula is C23H18N6O. The van der Waals surface area contributed by atoms with Crippen LogP contribution in [-0.4, -0.2) is 26.1 Å². The van der Waals surface area contributed by atoms with Gasteiger partial charge in [0, 0.05) is 41.6 Å². The van der Waals surface area contributed by atoms with Gasteiger partial charge in [0.1, 0.15) is 5.69 Å². The number of carbonyl (C=O) groups excluding carboxylic acids is 1. The molecular weight excluding hydrogens is 376 g/mol. The number of amides is 2. The van der Waals surface area contributed by atoms with E-state index < -0.39 is 0 Å². The minimum absolute atomic E-state index is 0.159. The van der Waals surface area contributed by atoms with Crippen molar-refractivity contribution in [2.45, 2.75) is 20.0 Å². The second-order valence-electron chi connectivity index (χ2n) is 7.41. The van der Waals surface area contributed by atoms with Crippen LogP contribution in [0.5, 0.6) is 0 Å². The van der Waals surface area contributed by atoms with Gasteiger partial charge in [0.05, 0.1) is 17.1 Å². The summed E-state index contributed by atoms with van der Waals surface area (Å²) in [5.41, 5.74) is 6.98. The lowest BCUT2D eigenvalue weighted by Crippen LogP contribution is -2.38. The Labute approximate surface area is 173 Å². The Morgan fingerprint density at radius 3 is 2.93 bits per heavy atom. The quantitative estimate of drug-likeness (QED) is 0.540. The number of aromatic nitrogens is 3. The third-order valence-electron chi connectivity index (χ3n) is 5.28. The fourth-order valence-corrected chi connectivity index (χ4v) is 3.83. The summed E-state index contributed by atoms with van der Waals surface area (Å²) in [7, 11) is 0. The molecule has 0 saturated heterocycles. The van der Waals surface area contributed by atoms with E-state index in [2.05, 4.69) is 32.6 Å². The van der Waals surface area contributed by atoms with Crippen LogP contribution in [0.15, 0.2) is 54.7 Å². The molecule has 0 bridgehead atoms. The monoisotopic (exact) mass is 394 g/mol. The minimum atomic E-state index is -0.159. The number of aryl methyl sites for hydroxylation is 1. The zero-order chi connectivity index (χ0) is 20.7. The lowest BCUT2D eigenvalue weighted by molar-refractivity contribution is 0.204. The number of fused-ring (bicyclic) bond motifs is 2. The molecule has 2 aromatic heterocycles. The van der Waals surface area contributed by atoms with Crippen LogP contribution in [0.2, 0.25) is 0 Å². The first-order chi connectivity index (χ1) is 14.6. The van der Waals surface area contributed by atoms with Crippen molar-refractivity contribution in [2.24, 2.45) is 0 Å². The van der Waals surface area contributed by atoms with Gasteiger partial charge in [-0.05, 0) is 54.4 Å². The molecule has 2 aromatic carbocycles. The molecule has 0 aliphatic carbocycles. The number of nitrogens with one attached hydrogen (secondary N) is 2. The van der Waals surface area contributed by atoms with Gasteiger partial charge in [0.15, 0.2) is 0 Å². The molecule has 3 heterocycles. The number of nitrogens with zero attached hydrogens (tertiary/aromatic N) is 4. The molecule has 2 N–H and O–H groups in total. The molecule has 0 atom stereocenters. The number of pyridine rings is 1. The number of aromatic amines is 1. The van der Waals surface area contributed by atoms with Crippen molar-refractivity contribution in [3.8, 4) is 17.3 Å². The normalized spacial score (nSPS) is 13.1. The fourth-order valence-electron chi connectivity index (χ4n) is 3.83. The Kier molecular flexibility index (Phi) is 4.18. The number of rotatable bonds is 3. The van der Waals surface area contributed by atoms with E-state index in [9.17, 15) is 4.79 Å². The van der Waals surface area contributed by atoms with E-state index in [0.29, 0.717) is 18.7 Å². The highest BCUT2D eigenvalue weighted by Gasteiger charge is 2.24. The standard InChI is InChI=1S/C23H18N6O/c1-14-7-17(5-6-25-14)22-19-9-18-13-29(12-16-4-2-3-15(8-16)11-24)23(30)26-20(18)10-21(19)27-28-22/h2-10H,12-13H2,1H3,(H,26,30)(H,27,28). The average molecular weight is 394 g/mol. The highest BCUT2D eigenvalue weighted by atomic mass is 16.2. The summed E-state index contributed by atoms with van der Waals surface area (Å²) < 4.78 is 0. The highest BCUT2D eigenvalue weighted by molar-refractivity contribution is 6.00. The summed E-state index contributed by atoms with van der Waals surface area (Å²) in [6, 6.07) is 17.3. The molecule has 0 saturated carbocycles. The summed E-state index contributed by atoms with van der Waals surface area (Å²) in [6.45, 7) is 2.86. The summed E-state index contributed by atoms with van der Waals surface area (Å²) in [5, 5.41) is 20.6. The predicted molar refractivity (Wildman–Crippen MR) is 113 cm³/mol. The number of benzene rings is 2. The van der Waals surface area contributed by atoms with Gasteiger partial charge in [0.2, 0.25) is 0 Å². The molecule has 0 unspecified atom stereocenters. The zero-order valence-corrected chi connectivity index (χ0v) is 16.3. The lowest BCUT2D eigenvalue weighted by Gasteiger charge is -2.29. The molecule has 7 heteroatoms. The molecule has 0 radical (unpaired) electrons. The SMILES string of the molecule is Cc1cc(-c2n[nH]c3cc4c(cc23)CN(Cc2cccc(C#N)c2)C(=O)N4)ccn1. The van der Waals surface area contributed by atoms with E-state index in [0.717, 1.165) is 44.7 Å². The van der Waals surface area contributed by atoms with Gasteiger partial charge in [-0.15, -0.1) is 0 Å². The van der Waals surface area contributed by atoms with E-state index in [1.165, 1.54) is 0 Å². The van der Waals surface area contributed by atoms with Gasteiger partial charge in [-0.2, -0.15) is 10.4 Å². The number of H-pyrrole nitrogens is 1. The second-order valence-corrected chi connectivity index (χ2v) is 7.41. The number of hydrogen-bond donors (Lipinski definition) is 2. The van der Waals surface area contributed by atoms with Gasteiger partial charge in [-0.25, -0.2) is 4.79 Å². The van der Waals surface area contributed by atoms with Crippen LogP contribution in [0.3, 0.4) is 0 Å². The predicted octanol–water partition coefficient (Wildman–Crippen LogP) is 4.35. The second kappa shape index (κ2) is 7.01. The molecule has 5 rings (SSSR count). The number of carbonyl (C=O) groups is 1. The molecule has 4 aromatic rings. The van der Waals surface area contributed by atoms with Gasteiger partial charge in [-0.3, -0.25) is 10.1 Å². The van der Waals surface area contributed by atoms with Crippen LogP contribution < -0.4 is 5.32 Å². The summed E-state index contributed by atoms with van der Waals surface area (Å²) >= 11 is 0. The Hall–Kier alpha value is -4.18. The van der Waals surface area contributed by atoms with E-state index in [1.807, 2.05) is 43.3 Å². The Bertz CT molecular complexity index is 1330. The van der Waals surface area contributed by atoms with E-state index in [4.69, 9.17) is 5.26 Å².